The van der Waals surface area contributed by atoms with Crippen molar-refractivity contribution in [3.8, 4) is 34.3 Å². The van der Waals surface area contributed by atoms with Gasteiger partial charge in [0.05, 0.1) is 17.6 Å². The topological polar surface area (TPSA) is 81.8 Å². The highest BCUT2D eigenvalue weighted by atomic mass is 16.4. The van der Waals surface area contributed by atoms with E-state index in [1.807, 2.05) is 61.5 Å². The summed E-state index contributed by atoms with van der Waals surface area (Å²) in [4.78, 5) is 20.6. The van der Waals surface area contributed by atoms with E-state index < -0.39 is 0 Å². The Bertz CT molecular complexity index is 1140. The molecule has 138 valence electrons. The van der Waals surface area contributed by atoms with Gasteiger partial charge in [0.1, 0.15) is 11.5 Å². The average molecular weight is 370 g/mol. The first-order valence-corrected chi connectivity index (χ1v) is 8.92. The number of hydrogen-bond acceptors (Lipinski definition) is 6. The monoisotopic (exact) mass is 370 g/mol. The lowest BCUT2D eigenvalue weighted by molar-refractivity contribution is -0.116. The van der Waals surface area contributed by atoms with Crippen molar-refractivity contribution in [1.29, 1.82) is 0 Å². The van der Waals surface area contributed by atoms with Gasteiger partial charge < -0.3 is 4.42 Å². The molecule has 0 N–H and O–H groups in total. The molecule has 0 bridgehead atoms. The summed E-state index contributed by atoms with van der Waals surface area (Å²) in [6.45, 7) is 3.43. The molecule has 0 saturated heterocycles. The zero-order valence-electron chi connectivity index (χ0n) is 15.6. The van der Waals surface area contributed by atoms with Gasteiger partial charge in [-0.3, -0.25) is 9.78 Å². The molecule has 4 aromatic rings. The fourth-order valence-electron chi connectivity index (χ4n) is 2.94. The molecule has 2 heterocycles. The zero-order chi connectivity index (χ0) is 19.5. The number of aryl methyl sites for hydroxylation is 1. The van der Waals surface area contributed by atoms with Gasteiger partial charge in [0.2, 0.25) is 5.89 Å². The molecule has 0 fully saturated rings. The number of Topliss-reactive ketones (excluding diaryl/α,β-unsaturated/α-hetero) is 1. The maximum Gasteiger partial charge on any atom is 0.268 e. The van der Waals surface area contributed by atoms with E-state index in [1.54, 1.807) is 13.1 Å². The lowest BCUT2D eigenvalue weighted by atomic mass is 10.0. The van der Waals surface area contributed by atoms with Crippen LogP contribution >= 0.6 is 0 Å². The fourth-order valence-corrected chi connectivity index (χ4v) is 2.94. The van der Waals surface area contributed by atoms with E-state index in [2.05, 4.69) is 15.2 Å². The highest BCUT2D eigenvalue weighted by Gasteiger charge is 2.16. The quantitative estimate of drug-likeness (QED) is 0.521. The standard InChI is InChI=1S/C22H18N4O2/c1-14(27)11-16-7-6-10-18(12-16)19-13-23-15(2)20(24-19)22-26-25-21(28-22)17-8-4-3-5-9-17/h3-10,12-13H,11H2,1-2H3. The zero-order valence-corrected chi connectivity index (χ0v) is 15.6. The van der Waals surface area contributed by atoms with Crippen LogP contribution in [-0.2, 0) is 11.2 Å². The molecule has 0 spiro atoms. The highest BCUT2D eigenvalue weighted by molar-refractivity contribution is 5.78. The van der Waals surface area contributed by atoms with Crippen LogP contribution in [0, 0.1) is 6.92 Å². The van der Waals surface area contributed by atoms with Gasteiger partial charge in [0.15, 0.2) is 0 Å². The van der Waals surface area contributed by atoms with Crippen LogP contribution in [0.1, 0.15) is 18.2 Å². The Hall–Kier alpha value is -3.67. The first kappa shape index (κ1) is 17.7. The van der Waals surface area contributed by atoms with Gasteiger partial charge in [-0.1, -0.05) is 36.4 Å². The Labute approximate surface area is 162 Å². The number of rotatable bonds is 5. The molecule has 0 aliphatic heterocycles. The summed E-state index contributed by atoms with van der Waals surface area (Å²) in [7, 11) is 0. The van der Waals surface area contributed by atoms with E-state index in [1.165, 1.54) is 0 Å². The van der Waals surface area contributed by atoms with E-state index in [0.717, 1.165) is 16.7 Å². The summed E-state index contributed by atoms with van der Waals surface area (Å²) in [6, 6.07) is 17.3. The Morgan fingerprint density at radius 2 is 1.71 bits per heavy atom. The molecular formula is C22H18N4O2. The summed E-state index contributed by atoms with van der Waals surface area (Å²) in [5.41, 5.74) is 4.61. The molecule has 0 saturated carbocycles. The van der Waals surface area contributed by atoms with Crippen molar-refractivity contribution in [3.63, 3.8) is 0 Å². The van der Waals surface area contributed by atoms with Crippen LogP contribution in [0.4, 0.5) is 0 Å². The lowest BCUT2D eigenvalue weighted by Crippen LogP contribution is -1.98. The first-order chi connectivity index (χ1) is 13.6. The minimum atomic E-state index is 0.118. The number of benzene rings is 2. The van der Waals surface area contributed by atoms with Crippen LogP contribution in [0.2, 0.25) is 0 Å². The van der Waals surface area contributed by atoms with Crippen LogP contribution in [-0.4, -0.2) is 25.9 Å². The highest BCUT2D eigenvalue weighted by Crippen LogP contribution is 2.26. The number of ketones is 1. The summed E-state index contributed by atoms with van der Waals surface area (Å²) in [6.07, 6.45) is 2.10. The summed E-state index contributed by atoms with van der Waals surface area (Å²) < 4.78 is 5.83. The molecule has 0 atom stereocenters. The van der Waals surface area contributed by atoms with Crippen molar-refractivity contribution in [1.82, 2.24) is 20.2 Å². The molecule has 6 heteroatoms. The third-order valence-corrected chi connectivity index (χ3v) is 4.28. The Morgan fingerprint density at radius 3 is 2.50 bits per heavy atom. The molecule has 2 aromatic heterocycles. The second-order valence-corrected chi connectivity index (χ2v) is 6.55. The number of hydrogen-bond donors (Lipinski definition) is 0. The smallest absolute Gasteiger partial charge is 0.268 e. The van der Waals surface area contributed by atoms with Crippen molar-refractivity contribution in [3.05, 3.63) is 72.1 Å². The number of aromatic nitrogens is 4. The largest absolute Gasteiger partial charge is 0.415 e. The van der Waals surface area contributed by atoms with Gasteiger partial charge in [-0.25, -0.2) is 4.98 Å². The minimum Gasteiger partial charge on any atom is -0.415 e. The third-order valence-electron chi connectivity index (χ3n) is 4.28. The Morgan fingerprint density at radius 1 is 0.964 bits per heavy atom. The summed E-state index contributed by atoms with van der Waals surface area (Å²) in [5, 5.41) is 8.28. The summed E-state index contributed by atoms with van der Waals surface area (Å²) in [5.74, 6) is 0.878. The molecule has 0 aliphatic rings. The SMILES string of the molecule is CC(=O)Cc1cccc(-c2cnc(C)c(-c3nnc(-c4ccccc4)o3)n2)c1. The van der Waals surface area contributed by atoms with Crippen LogP contribution in [0.3, 0.4) is 0 Å². The summed E-state index contributed by atoms with van der Waals surface area (Å²) >= 11 is 0. The van der Waals surface area contributed by atoms with Crippen molar-refractivity contribution in [2.75, 3.05) is 0 Å². The molecule has 0 radical (unpaired) electrons. The van der Waals surface area contributed by atoms with E-state index in [-0.39, 0.29) is 5.78 Å². The number of nitrogens with zero attached hydrogens (tertiary/aromatic N) is 4. The van der Waals surface area contributed by atoms with Crippen LogP contribution in [0.15, 0.2) is 65.2 Å². The minimum absolute atomic E-state index is 0.118. The first-order valence-electron chi connectivity index (χ1n) is 8.92. The maximum absolute atomic E-state index is 11.4. The third kappa shape index (κ3) is 3.71. The van der Waals surface area contributed by atoms with E-state index >= 15 is 0 Å². The van der Waals surface area contributed by atoms with Gasteiger partial charge in [-0.05, 0) is 37.6 Å². The normalized spacial score (nSPS) is 10.8. The predicted octanol–water partition coefficient (Wildman–Crippen LogP) is 4.30. The van der Waals surface area contributed by atoms with E-state index in [4.69, 9.17) is 9.40 Å². The molecule has 6 nitrogen and oxygen atoms in total. The number of carbonyl (C=O) groups is 1. The van der Waals surface area contributed by atoms with Crippen molar-refractivity contribution >= 4 is 5.78 Å². The van der Waals surface area contributed by atoms with Crippen LogP contribution in [0.5, 0.6) is 0 Å². The van der Waals surface area contributed by atoms with Gasteiger partial charge >= 0.3 is 0 Å². The molecule has 2 aromatic carbocycles. The molecule has 0 aliphatic carbocycles. The second-order valence-electron chi connectivity index (χ2n) is 6.55. The van der Waals surface area contributed by atoms with E-state index in [9.17, 15) is 4.79 Å². The van der Waals surface area contributed by atoms with Crippen molar-refractivity contribution in [2.24, 2.45) is 0 Å². The molecule has 0 amide bonds. The fraction of sp³-hybridized carbons (Fsp3) is 0.136. The van der Waals surface area contributed by atoms with Gasteiger partial charge in [0.25, 0.3) is 5.89 Å². The van der Waals surface area contributed by atoms with Crippen LogP contribution < -0.4 is 0 Å². The molecule has 0 unspecified atom stereocenters. The second kappa shape index (κ2) is 7.52. The van der Waals surface area contributed by atoms with Crippen molar-refractivity contribution < 1.29 is 9.21 Å². The molecule has 28 heavy (non-hydrogen) atoms. The molecular weight excluding hydrogens is 352 g/mol. The predicted molar refractivity (Wildman–Crippen MR) is 105 cm³/mol. The van der Waals surface area contributed by atoms with Gasteiger partial charge in [-0.15, -0.1) is 10.2 Å². The lowest BCUT2D eigenvalue weighted by Gasteiger charge is -2.06. The van der Waals surface area contributed by atoms with Crippen LogP contribution in [0.25, 0.3) is 34.3 Å². The Balaban J connectivity index is 1.71. The average Bonchev–Trinajstić information content (AvgIpc) is 3.19. The van der Waals surface area contributed by atoms with Crippen molar-refractivity contribution in [2.45, 2.75) is 20.3 Å². The maximum atomic E-state index is 11.4. The van der Waals surface area contributed by atoms with E-state index in [0.29, 0.717) is 35.3 Å². The molecule has 4 rings (SSSR count). The van der Waals surface area contributed by atoms with Gasteiger partial charge in [0, 0.05) is 17.5 Å². The Kier molecular flexibility index (Phi) is 4.76. The number of carbonyl (C=O) groups excluding carboxylic acids is 1. The van der Waals surface area contributed by atoms with Gasteiger partial charge in [-0.2, -0.15) is 0 Å².